The van der Waals surface area contributed by atoms with Crippen LogP contribution < -0.4 is 10.2 Å². The summed E-state index contributed by atoms with van der Waals surface area (Å²) in [7, 11) is 0. The van der Waals surface area contributed by atoms with Crippen molar-refractivity contribution in [1.82, 2.24) is 19.8 Å². The van der Waals surface area contributed by atoms with Crippen LogP contribution in [0.3, 0.4) is 0 Å². The molecule has 3 heterocycles. The fraction of sp³-hybridized carbons (Fsp3) is 0.391. The Labute approximate surface area is 205 Å². The van der Waals surface area contributed by atoms with Gasteiger partial charge < -0.3 is 10.2 Å². The molecule has 1 amide bonds. The second-order valence-corrected chi connectivity index (χ2v) is 8.96. The molecule has 182 valence electrons. The van der Waals surface area contributed by atoms with E-state index in [1.165, 1.54) is 16.8 Å². The summed E-state index contributed by atoms with van der Waals surface area (Å²) in [4.78, 5) is 16.9. The summed E-state index contributed by atoms with van der Waals surface area (Å²) in [5.74, 6) is -0.399. The molecule has 1 aliphatic heterocycles. The summed E-state index contributed by atoms with van der Waals surface area (Å²) in [5, 5.41) is 7.99. The number of anilines is 1. The van der Waals surface area contributed by atoms with E-state index in [-0.39, 0.29) is 11.2 Å². The second-order valence-electron chi connectivity index (χ2n) is 8.18. The number of unbranched alkanes of at least 4 members (excludes halogenated alkanes) is 1. The average molecular weight is 514 g/mol. The lowest BCUT2D eigenvalue weighted by Crippen LogP contribution is -2.46. The van der Waals surface area contributed by atoms with E-state index in [4.69, 9.17) is 23.2 Å². The molecule has 3 aromatic rings. The highest BCUT2D eigenvalue weighted by Crippen LogP contribution is 2.33. The summed E-state index contributed by atoms with van der Waals surface area (Å²) in [6.45, 7) is 4.94. The molecule has 0 spiro atoms. The van der Waals surface area contributed by atoms with Crippen LogP contribution in [0.5, 0.6) is 0 Å². The normalized spacial score (nSPS) is 15.1. The highest BCUT2D eigenvalue weighted by Gasteiger charge is 2.30. The number of nitrogens with zero attached hydrogens (tertiary/aromatic N) is 4. The van der Waals surface area contributed by atoms with Gasteiger partial charge in [0, 0.05) is 38.9 Å². The van der Waals surface area contributed by atoms with Crippen LogP contribution in [0.2, 0.25) is 10.0 Å². The molecule has 6 nitrogen and oxygen atoms in total. The van der Waals surface area contributed by atoms with E-state index >= 15 is 0 Å². The maximum Gasteiger partial charge on any atom is 0.416 e. The Bertz CT molecular complexity index is 1160. The van der Waals surface area contributed by atoms with E-state index in [2.05, 4.69) is 20.2 Å². The number of aromatic nitrogens is 2. The predicted molar refractivity (Wildman–Crippen MR) is 127 cm³/mol. The van der Waals surface area contributed by atoms with E-state index in [0.29, 0.717) is 16.6 Å². The molecule has 4 rings (SSSR count). The zero-order valence-corrected chi connectivity index (χ0v) is 19.8. The molecule has 1 aliphatic rings. The maximum absolute atomic E-state index is 12.9. The lowest BCUT2D eigenvalue weighted by Gasteiger charge is -2.36. The topological polar surface area (TPSA) is 52.9 Å². The number of alkyl halides is 3. The summed E-state index contributed by atoms with van der Waals surface area (Å²) in [5.41, 5.74) is 0.495. The Morgan fingerprint density at radius 2 is 1.82 bits per heavy atom. The smallest absolute Gasteiger partial charge is 0.368 e. The predicted octanol–water partition coefficient (Wildman–Crippen LogP) is 4.99. The van der Waals surface area contributed by atoms with Crippen LogP contribution in [0.1, 0.15) is 28.9 Å². The summed E-state index contributed by atoms with van der Waals surface area (Å²) < 4.78 is 39.8. The number of hydrogen-bond donors (Lipinski definition) is 1. The third-order valence-electron chi connectivity index (χ3n) is 5.85. The molecule has 11 heteroatoms. The lowest BCUT2D eigenvalue weighted by molar-refractivity contribution is -0.137. The molecule has 1 saturated heterocycles. The van der Waals surface area contributed by atoms with Gasteiger partial charge in [0.2, 0.25) is 0 Å². The Morgan fingerprint density at radius 3 is 2.56 bits per heavy atom. The van der Waals surface area contributed by atoms with Crippen molar-refractivity contribution in [1.29, 1.82) is 0 Å². The van der Waals surface area contributed by atoms with E-state index < -0.39 is 17.6 Å². The number of pyridine rings is 1. The third-order valence-corrected chi connectivity index (χ3v) is 6.66. The zero-order valence-electron chi connectivity index (χ0n) is 18.3. The number of benzene rings is 1. The lowest BCUT2D eigenvalue weighted by atomic mass is 10.2. The number of amides is 1. The molecule has 0 saturated carbocycles. The van der Waals surface area contributed by atoms with Gasteiger partial charge in [0.1, 0.15) is 0 Å². The van der Waals surface area contributed by atoms with Crippen molar-refractivity contribution < 1.29 is 18.0 Å². The molecule has 34 heavy (non-hydrogen) atoms. The highest BCUT2D eigenvalue weighted by molar-refractivity contribution is 6.43. The summed E-state index contributed by atoms with van der Waals surface area (Å²) in [6, 6.07) is 8.92. The van der Waals surface area contributed by atoms with Crippen LogP contribution in [-0.2, 0) is 6.18 Å². The first-order chi connectivity index (χ1) is 16.2. The molecule has 1 aromatic carbocycles. The third kappa shape index (κ3) is 5.76. The first-order valence-corrected chi connectivity index (χ1v) is 11.7. The van der Waals surface area contributed by atoms with E-state index in [9.17, 15) is 18.0 Å². The van der Waals surface area contributed by atoms with Crippen molar-refractivity contribution in [3.63, 3.8) is 0 Å². The molecule has 0 radical (unpaired) electrons. The highest BCUT2D eigenvalue weighted by atomic mass is 35.5. The van der Waals surface area contributed by atoms with Crippen LogP contribution in [0.25, 0.3) is 5.52 Å². The van der Waals surface area contributed by atoms with Crippen molar-refractivity contribution in [2.45, 2.75) is 19.0 Å². The van der Waals surface area contributed by atoms with Gasteiger partial charge in [0.05, 0.1) is 26.8 Å². The van der Waals surface area contributed by atoms with Crippen LogP contribution >= 0.6 is 23.2 Å². The Kier molecular flexibility index (Phi) is 7.54. The second kappa shape index (κ2) is 10.4. The fourth-order valence-electron chi connectivity index (χ4n) is 3.98. The van der Waals surface area contributed by atoms with Crippen LogP contribution in [-0.4, -0.2) is 59.7 Å². The fourth-order valence-corrected chi connectivity index (χ4v) is 4.40. The minimum Gasteiger partial charge on any atom is -0.368 e. The number of nitrogens with one attached hydrogen (secondary N) is 1. The van der Waals surface area contributed by atoms with Crippen LogP contribution in [0, 0.1) is 0 Å². The summed E-state index contributed by atoms with van der Waals surface area (Å²) in [6.07, 6.45) is -1.53. The maximum atomic E-state index is 12.9. The number of piperazine rings is 1. The van der Waals surface area contributed by atoms with Gasteiger partial charge in [-0.1, -0.05) is 29.3 Å². The molecule has 1 fully saturated rings. The monoisotopic (exact) mass is 513 g/mol. The van der Waals surface area contributed by atoms with E-state index in [0.717, 1.165) is 63.4 Å². The molecule has 0 atom stereocenters. The van der Waals surface area contributed by atoms with Crippen LogP contribution in [0.15, 0.2) is 42.6 Å². The largest absolute Gasteiger partial charge is 0.416 e. The quantitative estimate of drug-likeness (QED) is 0.452. The van der Waals surface area contributed by atoms with Crippen molar-refractivity contribution in [3.8, 4) is 0 Å². The zero-order chi connectivity index (χ0) is 24.3. The Morgan fingerprint density at radius 1 is 1.06 bits per heavy atom. The first-order valence-electron chi connectivity index (χ1n) is 11.0. The molecule has 0 unspecified atom stereocenters. The van der Waals surface area contributed by atoms with Crippen molar-refractivity contribution in [2.75, 3.05) is 44.2 Å². The first kappa shape index (κ1) is 24.6. The standard InChI is InChI=1S/C23H24Cl2F3N5O/c24-18-4-3-5-20(21(18)25)32-12-10-31(11-13-32)8-2-1-7-29-22(34)19-15-17-14-16(23(26,27)28)6-9-33(17)30-19/h3-6,9,14-15H,1-2,7-8,10-13H2,(H,29,34). The number of hydrogen-bond acceptors (Lipinski definition) is 4. The minimum absolute atomic E-state index is 0.0927. The number of carbonyl (C=O) groups is 1. The van der Waals surface area contributed by atoms with E-state index in [1.807, 2.05) is 12.1 Å². The number of rotatable bonds is 7. The number of carbonyl (C=O) groups excluding carboxylic acids is 1. The molecular formula is C23H24Cl2F3N5O. The Balaban J connectivity index is 1.18. The van der Waals surface area contributed by atoms with Gasteiger partial charge >= 0.3 is 6.18 Å². The minimum atomic E-state index is -4.44. The van der Waals surface area contributed by atoms with Crippen molar-refractivity contribution >= 4 is 40.3 Å². The molecular weight excluding hydrogens is 490 g/mol. The number of fused-ring (bicyclic) bond motifs is 1. The molecule has 0 bridgehead atoms. The van der Waals surface area contributed by atoms with Gasteiger partial charge in [0.25, 0.3) is 5.91 Å². The Hall–Kier alpha value is -2.49. The molecule has 1 N–H and O–H groups in total. The average Bonchev–Trinajstić information content (AvgIpc) is 3.24. The van der Waals surface area contributed by atoms with Gasteiger partial charge in [-0.2, -0.15) is 18.3 Å². The van der Waals surface area contributed by atoms with E-state index in [1.54, 1.807) is 6.07 Å². The van der Waals surface area contributed by atoms with Gasteiger partial charge in [-0.15, -0.1) is 0 Å². The van der Waals surface area contributed by atoms with Gasteiger partial charge in [-0.05, 0) is 49.7 Å². The van der Waals surface area contributed by atoms with Crippen molar-refractivity contribution in [2.24, 2.45) is 0 Å². The van der Waals surface area contributed by atoms with Gasteiger partial charge in [0.15, 0.2) is 5.69 Å². The van der Waals surface area contributed by atoms with Crippen LogP contribution in [0.4, 0.5) is 18.9 Å². The summed E-state index contributed by atoms with van der Waals surface area (Å²) >= 11 is 12.4. The molecule has 2 aromatic heterocycles. The molecule has 0 aliphatic carbocycles. The van der Waals surface area contributed by atoms with Crippen molar-refractivity contribution in [3.05, 3.63) is 63.9 Å². The number of halogens is 5. The SMILES string of the molecule is O=C(NCCCCN1CCN(c2cccc(Cl)c2Cl)CC1)c1cc2cc(C(F)(F)F)ccn2n1. The van der Waals surface area contributed by atoms with Gasteiger partial charge in [-0.3, -0.25) is 9.69 Å². The van der Waals surface area contributed by atoms with Gasteiger partial charge in [-0.25, -0.2) is 4.52 Å².